The number of rotatable bonds is 6. The summed E-state index contributed by atoms with van der Waals surface area (Å²) in [5.41, 5.74) is 0. The first-order valence-electron chi connectivity index (χ1n) is 8.01. The van der Waals surface area contributed by atoms with E-state index in [2.05, 4.69) is 18.7 Å². The SMILES string of the molecule is CC(C)CCN(CC1COCCC1=O)C1CCCC1. The van der Waals surface area contributed by atoms with Gasteiger partial charge in [0.15, 0.2) is 0 Å². The molecule has 3 nitrogen and oxygen atoms in total. The lowest BCUT2D eigenvalue weighted by Crippen LogP contribution is -2.43. The fraction of sp³-hybridized carbons (Fsp3) is 0.938. The van der Waals surface area contributed by atoms with E-state index in [0.717, 1.165) is 19.0 Å². The highest BCUT2D eigenvalue weighted by Crippen LogP contribution is 2.26. The van der Waals surface area contributed by atoms with Crippen molar-refractivity contribution in [3.63, 3.8) is 0 Å². The van der Waals surface area contributed by atoms with E-state index in [0.29, 0.717) is 31.5 Å². The Kier molecular flexibility index (Phi) is 5.83. The lowest BCUT2D eigenvalue weighted by atomic mass is 9.98. The predicted octanol–water partition coefficient (Wildman–Crippen LogP) is 2.88. The maximum atomic E-state index is 12.0. The van der Waals surface area contributed by atoms with Gasteiger partial charge < -0.3 is 4.74 Å². The van der Waals surface area contributed by atoms with Gasteiger partial charge >= 0.3 is 0 Å². The van der Waals surface area contributed by atoms with Crippen molar-refractivity contribution in [3.8, 4) is 0 Å². The van der Waals surface area contributed by atoms with Crippen molar-refractivity contribution < 1.29 is 9.53 Å². The lowest BCUT2D eigenvalue weighted by molar-refractivity contribution is -0.131. The van der Waals surface area contributed by atoms with Crippen molar-refractivity contribution in [2.24, 2.45) is 11.8 Å². The average molecular weight is 267 g/mol. The van der Waals surface area contributed by atoms with Crippen LogP contribution in [0.5, 0.6) is 0 Å². The van der Waals surface area contributed by atoms with Gasteiger partial charge in [-0.3, -0.25) is 9.69 Å². The summed E-state index contributed by atoms with van der Waals surface area (Å²) in [6, 6.07) is 0.716. The van der Waals surface area contributed by atoms with Crippen LogP contribution >= 0.6 is 0 Å². The third kappa shape index (κ3) is 4.57. The molecule has 1 unspecified atom stereocenters. The molecule has 0 aromatic heterocycles. The molecule has 0 amide bonds. The molecule has 0 aromatic carbocycles. The zero-order chi connectivity index (χ0) is 13.7. The minimum Gasteiger partial charge on any atom is -0.380 e. The molecule has 0 bridgehead atoms. The molecule has 2 rings (SSSR count). The summed E-state index contributed by atoms with van der Waals surface area (Å²) in [5.74, 6) is 1.28. The highest BCUT2D eigenvalue weighted by molar-refractivity contribution is 5.82. The van der Waals surface area contributed by atoms with Gasteiger partial charge in [-0.05, 0) is 31.7 Å². The molecule has 0 aromatic rings. The molecule has 3 heteroatoms. The molecule has 0 N–H and O–H groups in total. The molecular formula is C16H29NO2. The van der Waals surface area contributed by atoms with Crippen LogP contribution in [0.25, 0.3) is 0 Å². The van der Waals surface area contributed by atoms with E-state index in [1.807, 2.05) is 0 Å². The summed E-state index contributed by atoms with van der Waals surface area (Å²) < 4.78 is 5.49. The van der Waals surface area contributed by atoms with Gasteiger partial charge in [0.2, 0.25) is 0 Å². The van der Waals surface area contributed by atoms with Crippen LogP contribution in [0.1, 0.15) is 52.4 Å². The van der Waals surface area contributed by atoms with Crippen LogP contribution in [-0.2, 0) is 9.53 Å². The van der Waals surface area contributed by atoms with Gasteiger partial charge in [-0.2, -0.15) is 0 Å². The smallest absolute Gasteiger partial charge is 0.141 e. The lowest BCUT2D eigenvalue weighted by Gasteiger charge is -2.33. The fourth-order valence-electron chi connectivity index (χ4n) is 3.25. The summed E-state index contributed by atoms with van der Waals surface area (Å²) >= 11 is 0. The van der Waals surface area contributed by atoms with E-state index in [4.69, 9.17) is 4.74 Å². The minimum absolute atomic E-state index is 0.126. The van der Waals surface area contributed by atoms with Gasteiger partial charge in [-0.15, -0.1) is 0 Å². The molecule has 0 radical (unpaired) electrons. The van der Waals surface area contributed by atoms with Crippen LogP contribution in [-0.4, -0.2) is 43.0 Å². The normalized spacial score (nSPS) is 25.7. The van der Waals surface area contributed by atoms with Gasteiger partial charge in [0.25, 0.3) is 0 Å². The van der Waals surface area contributed by atoms with Crippen LogP contribution in [0.4, 0.5) is 0 Å². The second-order valence-corrected chi connectivity index (χ2v) is 6.60. The summed E-state index contributed by atoms with van der Waals surface area (Å²) in [4.78, 5) is 14.6. The van der Waals surface area contributed by atoms with Crippen molar-refractivity contribution in [1.82, 2.24) is 4.90 Å². The van der Waals surface area contributed by atoms with Crippen LogP contribution in [0.15, 0.2) is 0 Å². The zero-order valence-electron chi connectivity index (χ0n) is 12.6. The van der Waals surface area contributed by atoms with Crippen LogP contribution < -0.4 is 0 Å². The highest BCUT2D eigenvalue weighted by Gasteiger charge is 2.29. The second-order valence-electron chi connectivity index (χ2n) is 6.60. The van der Waals surface area contributed by atoms with Crippen molar-refractivity contribution in [3.05, 3.63) is 0 Å². The Morgan fingerprint density at radius 2 is 2.05 bits per heavy atom. The number of hydrogen-bond acceptors (Lipinski definition) is 3. The van der Waals surface area contributed by atoms with Crippen molar-refractivity contribution in [2.75, 3.05) is 26.3 Å². The monoisotopic (exact) mass is 267 g/mol. The molecular weight excluding hydrogens is 238 g/mol. The largest absolute Gasteiger partial charge is 0.380 e. The quantitative estimate of drug-likeness (QED) is 0.741. The van der Waals surface area contributed by atoms with Crippen molar-refractivity contribution in [2.45, 2.75) is 58.4 Å². The van der Waals surface area contributed by atoms with E-state index >= 15 is 0 Å². The van der Waals surface area contributed by atoms with Crippen molar-refractivity contribution >= 4 is 5.78 Å². The van der Waals surface area contributed by atoms with E-state index in [1.165, 1.54) is 32.1 Å². The predicted molar refractivity (Wildman–Crippen MR) is 77.2 cm³/mol. The van der Waals surface area contributed by atoms with Gasteiger partial charge in [0.1, 0.15) is 5.78 Å². The molecule has 2 fully saturated rings. The Labute approximate surface area is 117 Å². The molecule has 110 valence electrons. The number of ketones is 1. The highest BCUT2D eigenvalue weighted by atomic mass is 16.5. The van der Waals surface area contributed by atoms with Gasteiger partial charge in [0, 0.05) is 19.0 Å². The Balaban J connectivity index is 1.89. The van der Waals surface area contributed by atoms with E-state index in [1.54, 1.807) is 0 Å². The Morgan fingerprint density at radius 3 is 2.68 bits per heavy atom. The number of hydrogen-bond donors (Lipinski definition) is 0. The zero-order valence-corrected chi connectivity index (χ0v) is 12.6. The van der Waals surface area contributed by atoms with Gasteiger partial charge in [-0.1, -0.05) is 26.7 Å². The number of carbonyl (C=O) groups excluding carboxylic acids is 1. The molecule has 1 aliphatic heterocycles. The van der Waals surface area contributed by atoms with E-state index in [-0.39, 0.29) is 5.92 Å². The number of Topliss-reactive ketones (excluding diaryl/α,β-unsaturated/α-hetero) is 1. The Hall–Kier alpha value is -0.410. The molecule has 19 heavy (non-hydrogen) atoms. The third-order valence-electron chi connectivity index (χ3n) is 4.56. The number of carbonyl (C=O) groups is 1. The molecule has 2 aliphatic rings. The molecule has 1 saturated carbocycles. The molecule has 1 saturated heterocycles. The van der Waals surface area contributed by atoms with Crippen LogP contribution in [0.2, 0.25) is 0 Å². The minimum atomic E-state index is 0.126. The van der Waals surface area contributed by atoms with Gasteiger partial charge in [0.05, 0.1) is 19.1 Å². The van der Waals surface area contributed by atoms with Crippen LogP contribution in [0.3, 0.4) is 0 Å². The fourth-order valence-corrected chi connectivity index (χ4v) is 3.25. The first-order chi connectivity index (χ1) is 9.16. The first-order valence-corrected chi connectivity index (χ1v) is 8.01. The number of ether oxygens (including phenoxy) is 1. The standard InChI is InChI=1S/C16H29NO2/c1-13(2)7-9-17(15-5-3-4-6-15)11-14-12-19-10-8-16(14)18/h13-15H,3-12H2,1-2H3. The Bertz CT molecular complexity index is 284. The summed E-state index contributed by atoms with van der Waals surface area (Å²) in [5, 5.41) is 0. The molecule has 0 spiro atoms. The number of nitrogens with zero attached hydrogens (tertiary/aromatic N) is 1. The molecule has 1 heterocycles. The topological polar surface area (TPSA) is 29.5 Å². The summed E-state index contributed by atoms with van der Waals surface area (Å²) in [7, 11) is 0. The molecule has 1 aliphatic carbocycles. The van der Waals surface area contributed by atoms with E-state index in [9.17, 15) is 4.79 Å². The maximum absolute atomic E-state index is 12.0. The first kappa shape index (κ1) is 15.0. The summed E-state index contributed by atoms with van der Waals surface area (Å²) in [6.45, 7) is 7.90. The molecule has 1 atom stereocenters. The Morgan fingerprint density at radius 1 is 1.32 bits per heavy atom. The average Bonchev–Trinajstić information content (AvgIpc) is 2.90. The van der Waals surface area contributed by atoms with Crippen molar-refractivity contribution in [1.29, 1.82) is 0 Å². The maximum Gasteiger partial charge on any atom is 0.141 e. The van der Waals surface area contributed by atoms with Crippen LogP contribution in [0, 0.1) is 11.8 Å². The second kappa shape index (κ2) is 7.39. The van der Waals surface area contributed by atoms with Gasteiger partial charge in [-0.25, -0.2) is 0 Å². The third-order valence-corrected chi connectivity index (χ3v) is 4.56. The summed E-state index contributed by atoms with van der Waals surface area (Å²) in [6.07, 6.45) is 7.21. The van der Waals surface area contributed by atoms with E-state index < -0.39 is 0 Å².